The molecule has 0 spiro atoms. The van der Waals surface area contributed by atoms with Gasteiger partial charge in [-0.1, -0.05) is 38.8 Å². The Morgan fingerprint density at radius 1 is 0.434 bits per heavy atom. The van der Waals surface area contributed by atoms with Gasteiger partial charge in [-0.25, -0.2) is 9.59 Å². The van der Waals surface area contributed by atoms with Crippen molar-refractivity contribution in [2.75, 3.05) is 52.9 Å². The first kappa shape index (κ1) is 59.1. The molecule has 0 radical (unpaired) electrons. The Bertz CT molecular complexity index is 920. The number of aliphatic carboxylic acids is 4. The molecular formula is C34H62MgO18. The van der Waals surface area contributed by atoms with Crippen molar-refractivity contribution < 1.29 is 89.3 Å². The Hall–Kier alpha value is -3.17. The minimum atomic E-state index is -1.18. The Kier molecular flexibility index (Phi) is 41.4. The van der Waals surface area contributed by atoms with E-state index in [0.717, 1.165) is 25.7 Å². The van der Waals surface area contributed by atoms with E-state index < -0.39 is 86.3 Å². The number of carboxylic acids is 4. The Balaban J connectivity index is -0.000000193. The molecule has 0 saturated heterocycles. The minimum absolute atomic E-state index is 0. The van der Waals surface area contributed by atoms with Crippen LogP contribution in [0, 0.1) is 10.8 Å². The maximum atomic E-state index is 11.0. The molecule has 0 aliphatic heterocycles. The van der Waals surface area contributed by atoms with Crippen LogP contribution in [0.5, 0.6) is 0 Å². The van der Waals surface area contributed by atoms with E-state index in [4.69, 9.17) is 60.5 Å². The van der Waals surface area contributed by atoms with E-state index in [0.29, 0.717) is 25.7 Å². The van der Waals surface area contributed by atoms with E-state index in [1.165, 1.54) is 13.8 Å². The first-order chi connectivity index (χ1) is 24.3. The molecule has 0 aromatic heterocycles. The van der Waals surface area contributed by atoms with Crippen molar-refractivity contribution in [3.8, 4) is 0 Å². The van der Waals surface area contributed by atoms with E-state index in [2.05, 4.69) is 13.2 Å². The van der Waals surface area contributed by atoms with Crippen LogP contribution in [0.2, 0.25) is 0 Å². The van der Waals surface area contributed by atoms with Crippen LogP contribution in [0.3, 0.4) is 0 Å². The summed E-state index contributed by atoms with van der Waals surface area (Å²) in [5, 5.41) is 86.4. The van der Waals surface area contributed by atoms with E-state index in [9.17, 15) is 28.8 Å². The Morgan fingerprint density at radius 3 is 0.755 bits per heavy atom. The molecule has 308 valence electrons. The van der Waals surface area contributed by atoms with Gasteiger partial charge in [0.05, 0.1) is 50.5 Å². The van der Waals surface area contributed by atoms with Crippen molar-refractivity contribution in [3.63, 3.8) is 0 Å². The molecule has 53 heavy (non-hydrogen) atoms. The van der Waals surface area contributed by atoms with Gasteiger partial charge in [-0.2, -0.15) is 0 Å². The molecule has 10 N–H and O–H groups in total. The summed E-state index contributed by atoms with van der Waals surface area (Å²) in [6.45, 7) is 6.52. The topological polar surface area (TPSA) is 323 Å². The molecule has 0 atom stereocenters. The molecule has 0 unspecified atom stereocenters. The zero-order valence-corrected chi connectivity index (χ0v) is 30.3. The second-order valence-electron chi connectivity index (χ2n) is 12.1. The van der Waals surface area contributed by atoms with Crippen LogP contribution >= 0.6 is 0 Å². The Morgan fingerprint density at radius 2 is 0.623 bits per heavy atom. The number of hydrogen-bond acceptors (Lipinski definition) is 14. The summed E-state index contributed by atoms with van der Waals surface area (Å²) >= 11 is 0. The van der Waals surface area contributed by atoms with Crippen molar-refractivity contribution in [1.82, 2.24) is 0 Å². The predicted molar refractivity (Wildman–Crippen MR) is 193 cm³/mol. The third-order valence-electron chi connectivity index (χ3n) is 6.79. The summed E-state index contributed by atoms with van der Waals surface area (Å²) < 4.78 is 9.45. The molecule has 0 amide bonds. The molecule has 19 heteroatoms. The predicted octanol–water partition coefficient (Wildman–Crippen LogP) is 0.214. The van der Waals surface area contributed by atoms with Gasteiger partial charge < -0.3 is 60.5 Å². The lowest BCUT2D eigenvalue weighted by Gasteiger charge is -2.26. The maximum absolute atomic E-state index is 11.0. The van der Waals surface area contributed by atoms with Crippen molar-refractivity contribution >= 4 is 58.9 Å². The smallest absolute Gasteiger partial charge is 0.333 e. The van der Waals surface area contributed by atoms with Gasteiger partial charge in [-0.15, -0.1) is 0 Å². The third-order valence-corrected chi connectivity index (χ3v) is 6.79. The molecular weight excluding hydrogens is 721 g/mol. The third kappa shape index (κ3) is 38.4. The maximum Gasteiger partial charge on any atom is 0.333 e. The summed E-state index contributed by atoms with van der Waals surface area (Å²) in [6.07, 6.45) is 6.56. The fourth-order valence-corrected chi connectivity index (χ4v) is 3.07. The molecule has 0 rings (SSSR count). The number of carbonyl (C=O) groups is 6. The summed E-state index contributed by atoms with van der Waals surface area (Å²) in [5.41, 5.74) is -1.89. The van der Waals surface area contributed by atoms with E-state index >= 15 is 0 Å². The number of unbranched alkanes of at least 4 members (excludes halogenated alkanes) is 6. The fraction of sp³-hybridized carbons (Fsp3) is 0.706. The summed E-state index contributed by atoms with van der Waals surface area (Å²) in [7, 11) is 0. The summed E-state index contributed by atoms with van der Waals surface area (Å²) in [4.78, 5) is 62.1. The minimum Gasteiger partial charge on any atom is -0.481 e. The highest BCUT2D eigenvalue weighted by Crippen LogP contribution is 2.16. The van der Waals surface area contributed by atoms with E-state index in [1.54, 1.807) is 0 Å². The zero-order valence-electron chi connectivity index (χ0n) is 30.3. The largest absolute Gasteiger partial charge is 0.481 e. The van der Waals surface area contributed by atoms with Crippen LogP contribution < -0.4 is 0 Å². The average Bonchev–Trinajstić information content (AvgIpc) is 3.09. The molecule has 0 fully saturated rings. The molecule has 0 saturated carbocycles. The SMILES string of the molecule is C=C(C)C(=O)OCC(CO)(CO)CO.C=C(C)C(=O)OCC(CO)(CO)CO.O=C(O)CCCCCCC(=O)O.O=C(O)CCCCCCC(=O)O.[MgH2]. The molecule has 0 aromatic rings. The molecule has 0 bridgehead atoms. The van der Waals surface area contributed by atoms with Crippen LogP contribution in [0.4, 0.5) is 0 Å². The van der Waals surface area contributed by atoms with Crippen LogP contribution in [0.15, 0.2) is 24.3 Å². The normalized spacial score (nSPS) is 10.3. The van der Waals surface area contributed by atoms with Crippen LogP contribution in [0.1, 0.15) is 90.9 Å². The summed E-state index contributed by atoms with van der Waals surface area (Å²) in [6, 6.07) is 0. The zero-order chi connectivity index (χ0) is 41.2. The van der Waals surface area contributed by atoms with Gasteiger partial charge in [0.25, 0.3) is 0 Å². The first-order valence-corrected chi connectivity index (χ1v) is 16.5. The number of carboxylic acid groups (broad SMARTS) is 4. The quantitative estimate of drug-likeness (QED) is 0.0243. The van der Waals surface area contributed by atoms with Gasteiger partial charge in [0.15, 0.2) is 0 Å². The number of ether oxygens (including phenoxy) is 2. The van der Waals surface area contributed by atoms with Gasteiger partial charge in [0.1, 0.15) is 13.2 Å². The highest BCUT2D eigenvalue weighted by Gasteiger charge is 2.31. The standard InChI is InChI=1S/2C9H16O5.2C8H14O4.Mg.2H/c2*1-7(2)8(13)14-6-9(3-10,4-11)5-12;2*9-7(10)5-3-1-2-4-6-8(11)12;;;/h2*10-12H,1,3-6H2,2H3;2*1-6H2,(H,9,10)(H,11,12);;;. The fourth-order valence-electron chi connectivity index (χ4n) is 3.07. The number of esters is 2. The first-order valence-electron chi connectivity index (χ1n) is 16.5. The van der Waals surface area contributed by atoms with Gasteiger partial charge in [0.2, 0.25) is 0 Å². The highest BCUT2D eigenvalue weighted by molar-refractivity contribution is 5.87. The lowest BCUT2D eigenvalue weighted by molar-refractivity contribution is -0.147. The molecule has 0 aromatic carbocycles. The molecule has 18 nitrogen and oxygen atoms in total. The average molecular weight is 783 g/mol. The summed E-state index contributed by atoms with van der Waals surface area (Å²) in [5.74, 6) is -4.35. The van der Waals surface area contributed by atoms with E-state index in [1.807, 2.05) is 0 Å². The van der Waals surface area contributed by atoms with Gasteiger partial charge in [-0.3, -0.25) is 19.2 Å². The molecule has 0 aliphatic rings. The lowest BCUT2D eigenvalue weighted by Crippen LogP contribution is -2.39. The van der Waals surface area contributed by atoms with Crippen molar-refractivity contribution in [3.05, 3.63) is 24.3 Å². The number of aliphatic hydroxyl groups is 6. The van der Waals surface area contributed by atoms with E-state index in [-0.39, 0.29) is 73.1 Å². The second-order valence-corrected chi connectivity index (χ2v) is 12.1. The van der Waals surface area contributed by atoms with Crippen molar-refractivity contribution in [1.29, 1.82) is 0 Å². The molecule has 0 heterocycles. The number of aliphatic hydroxyl groups excluding tert-OH is 6. The number of carbonyl (C=O) groups excluding carboxylic acids is 2. The van der Waals surface area contributed by atoms with Crippen molar-refractivity contribution in [2.45, 2.75) is 90.9 Å². The van der Waals surface area contributed by atoms with Gasteiger partial charge in [0, 0.05) is 36.8 Å². The number of hydrogen-bond donors (Lipinski definition) is 10. The van der Waals surface area contributed by atoms with Gasteiger partial charge >= 0.3 is 58.9 Å². The number of rotatable bonds is 26. The lowest BCUT2D eigenvalue weighted by atomic mass is 9.92. The van der Waals surface area contributed by atoms with Crippen LogP contribution in [-0.2, 0) is 38.2 Å². The van der Waals surface area contributed by atoms with Crippen LogP contribution in [-0.4, -0.2) is 163 Å². The highest BCUT2D eigenvalue weighted by atomic mass is 24.3. The van der Waals surface area contributed by atoms with Crippen LogP contribution in [0.25, 0.3) is 0 Å². The molecule has 0 aliphatic carbocycles. The van der Waals surface area contributed by atoms with Gasteiger partial charge in [-0.05, 0) is 39.5 Å². The second kappa shape index (κ2) is 37.2. The van der Waals surface area contributed by atoms with Crippen molar-refractivity contribution in [2.24, 2.45) is 10.8 Å². The Labute approximate surface area is 326 Å². The monoisotopic (exact) mass is 782 g/mol.